The molecule has 0 amide bonds. The summed E-state index contributed by atoms with van der Waals surface area (Å²) in [6.07, 6.45) is -0.483. The molecule has 1 nitrogen and oxygen atoms in total. The van der Waals surface area contributed by atoms with Gasteiger partial charge in [0.15, 0.2) is 0 Å². The molecule has 1 N–H and O–H groups in total. The minimum absolute atomic E-state index is 0.0303. The van der Waals surface area contributed by atoms with Crippen molar-refractivity contribution >= 4 is 11.6 Å². The predicted molar refractivity (Wildman–Crippen MR) is 72.1 cm³/mol. The van der Waals surface area contributed by atoms with Crippen LogP contribution in [0.5, 0.6) is 0 Å². The van der Waals surface area contributed by atoms with Gasteiger partial charge in [-0.15, -0.1) is 11.6 Å². The van der Waals surface area contributed by atoms with Gasteiger partial charge in [-0.2, -0.15) is 0 Å². The van der Waals surface area contributed by atoms with Crippen molar-refractivity contribution in [1.82, 2.24) is 0 Å². The van der Waals surface area contributed by atoms with Crippen molar-refractivity contribution < 1.29 is 5.11 Å². The Hall–Kier alpha value is -1.31. The summed E-state index contributed by atoms with van der Waals surface area (Å²) in [4.78, 5) is 0. The molecule has 0 radical (unpaired) electrons. The molecular weight excluding hydrogens is 244 g/mol. The summed E-state index contributed by atoms with van der Waals surface area (Å²) in [5.74, 6) is 0.259. The zero-order chi connectivity index (χ0) is 12.3. The largest absolute Gasteiger partial charge is 0.388 e. The van der Waals surface area contributed by atoms with Crippen LogP contribution in [0.4, 0.5) is 0 Å². The summed E-state index contributed by atoms with van der Waals surface area (Å²) in [5.41, 5.74) is 4.73. The van der Waals surface area contributed by atoms with Crippen molar-refractivity contribution in [2.24, 2.45) is 0 Å². The van der Waals surface area contributed by atoms with Crippen LogP contribution < -0.4 is 0 Å². The lowest BCUT2D eigenvalue weighted by atomic mass is 9.79. The molecule has 90 valence electrons. The van der Waals surface area contributed by atoms with Crippen LogP contribution >= 0.6 is 11.6 Å². The quantitative estimate of drug-likeness (QED) is 0.715. The first-order valence-electron chi connectivity index (χ1n) is 6.29. The van der Waals surface area contributed by atoms with Crippen LogP contribution in [0.1, 0.15) is 40.2 Å². The number of rotatable bonds is 0. The Morgan fingerprint density at radius 3 is 1.94 bits per heavy atom. The fourth-order valence-electron chi connectivity index (χ4n) is 3.59. The molecular formula is C16H13ClO. The number of aliphatic hydroxyl groups is 1. The maximum absolute atomic E-state index is 10.6. The van der Waals surface area contributed by atoms with Crippen molar-refractivity contribution in [2.75, 3.05) is 0 Å². The Balaban J connectivity index is 2.04. The van der Waals surface area contributed by atoms with Crippen LogP contribution in [0, 0.1) is 0 Å². The summed E-state index contributed by atoms with van der Waals surface area (Å²) in [7, 11) is 0. The molecule has 2 aromatic carbocycles. The minimum Gasteiger partial charge on any atom is -0.388 e. The van der Waals surface area contributed by atoms with E-state index in [-0.39, 0.29) is 17.2 Å². The number of aliphatic hydroxyl groups excluding tert-OH is 1. The third-order valence-electron chi connectivity index (χ3n) is 4.34. The fourth-order valence-corrected chi connectivity index (χ4v) is 4.13. The van der Waals surface area contributed by atoms with Gasteiger partial charge in [-0.3, -0.25) is 0 Å². The van der Waals surface area contributed by atoms with Crippen LogP contribution in [0.25, 0.3) is 0 Å². The Bertz CT molecular complexity index is 622. The molecule has 0 aromatic heterocycles. The van der Waals surface area contributed by atoms with Crippen molar-refractivity contribution in [1.29, 1.82) is 0 Å². The molecule has 2 heteroatoms. The molecule has 2 aliphatic rings. The van der Waals surface area contributed by atoms with Gasteiger partial charge in [-0.25, -0.2) is 0 Å². The average Bonchev–Trinajstić information content (AvgIpc) is 2.63. The molecule has 0 heterocycles. The first kappa shape index (κ1) is 10.6. The maximum atomic E-state index is 10.6. The lowest BCUT2D eigenvalue weighted by Gasteiger charge is -2.32. The van der Waals surface area contributed by atoms with Crippen molar-refractivity contribution in [3.63, 3.8) is 0 Å². The van der Waals surface area contributed by atoms with Crippen LogP contribution in [0.3, 0.4) is 0 Å². The number of alkyl halides is 1. The van der Waals surface area contributed by atoms with Gasteiger partial charge >= 0.3 is 0 Å². The van der Waals surface area contributed by atoms with E-state index in [0.29, 0.717) is 0 Å². The van der Waals surface area contributed by atoms with Gasteiger partial charge in [0, 0.05) is 11.8 Å². The first-order valence-corrected chi connectivity index (χ1v) is 6.72. The third-order valence-corrected chi connectivity index (χ3v) is 4.87. The van der Waals surface area contributed by atoms with Crippen molar-refractivity contribution in [3.8, 4) is 0 Å². The highest BCUT2D eigenvalue weighted by Crippen LogP contribution is 2.57. The molecule has 4 atom stereocenters. The summed E-state index contributed by atoms with van der Waals surface area (Å²) in [6, 6.07) is 16.5. The summed E-state index contributed by atoms with van der Waals surface area (Å²) in [5, 5.41) is 10.5. The van der Waals surface area contributed by atoms with Gasteiger partial charge in [-0.05, 0) is 22.3 Å². The highest BCUT2D eigenvalue weighted by molar-refractivity contribution is 6.22. The molecule has 0 aliphatic heterocycles. The average molecular weight is 257 g/mol. The zero-order valence-corrected chi connectivity index (χ0v) is 10.5. The second-order valence-electron chi connectivity index (χ2n) is 5.15. The lowest BCUT2D eigenvalue weighted by Crippen LogP contribution is -2.26. The monoisotopic (exact) mass is 256 g/mol. The molecule has 4 rings (SSSR count). The standard InChI is InChI=1S/C16H13ClO/c17-15-13-9-5-1-2-6-10(9)14(15)16(18)12-8-4-3-7-11(12)13/h1-8,13-16,18H/t13-,14-,15+,16+/m0/s1. The number of fused-ring (bicyclic) bond motifs is 7. The molecule has 2 bridgehead atoms. The zero-order valence-electron chi connectivity index (χ0n) is 9.75. The van der Waals surface area contributed by atoms with Gasteiger partial charge in [0.05, 0.1) is 11.5 Å². The Morgan fingerprint density at radius 1 is 0.778 bits per heavy atom. The predicted octanol–water partition coefficient (Wildman–Crippen LogP) is 3.57. The molecule has 0 saturated carbocycles. The number of hydrogen-bond acceptors (Lipinski definition) is 1. The smallest absolute Gasteiger partial charge is 0.0876 e. The number of benzene rings is 2. The highest BCUT2D eigenvalue weighted by Gasteiger charge is 2.48. The van der Waals surface area contributed by atoms with Crippen LogP contribution in [0.15, 0.2) is 48.5 Å². The second kappa shape index (κ2) is 3.59. The van der Waals surface area contributed by atoms with E-state index in [1.807, 2.05) is 24.3 Å². The van der Waals surface area contributed by atoms with Gasteiger partial charge in [-0.1, -0.05) is 48.5 Å². The van der Waals surface area contributed by atoms with Crippen molar-refractivity contribution in [2.45, 2.75) is 23.3 Å². The minimum atomic E-state index is -0.483. The molecule has 0 saturated heterocycles. The van der Waals surface area contributed by atoms with E-state index >= 15 is 0 Å². The maximum Gasteiger partial charge on any atom is 0.0876 e. The molecule has 0 spiro atoms. The van der Waals surface area contributed by atoms with Crippen LogP contribution in [-0.2, 0) is 0 Å². The Morgan fingerprint density at radius 2 is 1.28 bits per heavy atom. The molecule has 18 heavy (non-hydrogen) atoms. The van der Waals surface area contributed by atoms with E-state index in [1.165, 1.54) is 16.7 Å². The van der Waals surface area contributed by atoms with E-state index in [0.717, 1.165) is 5.56 Å². The molecule has 0 fully saturated rings. The van der Waals surface area contributed by atoms with Gasteiger partial charge in [0.1, 0.15) is 0 Å². The molecule has 2 aromatic rings. The van der Waals surface area contributed by atoms with Crippen LogP contribution in [-0.4, -0.2) is 10.5 Å². The van der Waals surface area contributed by atoms with Gasteiger partial charge in [0.25, 0.3) is 0 Å². The molecule has 0 unspecified atom stereocenters. The Kier molecular flexibility index (Phi) is 2.12. The fraction of sp³-hybridized carbons (Fsp3) is 0.250. The van der Waals surface area contributed by atoms with E-state index in [9.17, 15) is 5.11 Å². The summed E-state index contributed by atoms with van der Waals surface area (Å²) >= 11 is 6.61. The summed E-state index contributed by atoms with van der Waals surface area (Å²) < 4.78 is 0. The third kappa shape index (κ3) is 1.16. The number of hydrogen-bond donors (Lipinski definition) is 1. The van der Waals surface area contributed by atoms with Gasteiger partial charge in [0.2, 0.25) is 0 Å². The second-order valence-corrected chi connectivity index (χ2v) is 5.65. The topological polar surface area (TPSA) is 20.2 Å². The van der Waals surface area contributed by atoms with E-state index in [1.54, 1.807) is 0 Å². The van der Waals surface area contributed by atoms with Gasteiger partial charge < -0.3 is 5.11 Å². The first-order chi connectivity index (χ1) is 8.79. The molecule has 2 aliphatic carbocycles. The van der Waals surface area contributed by atoms with Crippen LogP contribution in [0.2, 0.25) is 0 Å². The SMILES string of the molecule is O[C@@H]1c2ccccc2[C@@H]2c3ccccc3[C@H]1[C@@H]2Cl. The summed E-state index contributed by atoms with van der Waals surface area (Å²) in [6.45, 7) is 0. The number of halogens is 1. The van der Waals surface area contributed by atoms with Crippen molar-refractivity contribution in [3.05, 3.63) is 70.8 Å². The highest BCUT2D eigenvalue weighted by atomic mass is 35.5. The normalized spacial score (nSPS) is 31.9. The van der Waals surface area contributed by atoms with E-state index < -0.39 is 6.10 Å². The van der Waals surface area contributed by atoms with E-state index in [4.69, 9.17) is 11.6 Å². The Labute approximate surface area is 111 Å². The lowest BCUT2D eigenvalue weighted by molar-refractivity contribution is 0.137. The van der Waals surface area contributed by atoms with E-state index in [2.05, 4.69) is 24.3 Å².